The minimum Gasteiger partial charge on any atom is -0.494 e. The first-order valence-corrected chi connectivity index (χ1v) is 5.21. The minimum atomic E-state index is 0.641. The number of anilines is 1. The maximum atomic E-state index is 5.03. The van der Waals surface area contributed by atoms with Crippen molar-refractivity contribution in [1.29, 1.82) is 0 Å². The fraction of sp³-hybridized carbons (Fsp3) is 0.250. The van der Waals surface area contributed by atoms with Crippen LogP contribution < -0.4 is 9.64 Å². The summed E-state index contributed by atoms with van der Waals surface area (Å²) in [4.78, 5) is 14.8. The third-order valence-electron chi connectivity index (χ3n) is 2.32. The third kappa shape index (κ3) is 2.33. The van der Waals surface area contributed by atoms with Gasteiger partial charge in [0.05, 0.1) is 25.1 Å². The van der Waals surface area contributed by atoms with Gasteiger partial charge in [-0.3, -0.25) is 0 Å². The number of hydrogen-bond acceptors (Lipinski definition) is 5. The molecule has 0 aliphatic heterocycles. The number of nitrogens with zero attached hydrogens (tertiary/aromatic N) is 4. The predicted octanol–water partition coefficient (Wildman–Crippen LogP) is 1.61. The highest BCUT2D eigenvalue weighted by Crippen LogP contribution is 2.24. The second-order valence-electron chi connectivity index (χ2n) is 3.72. The molecule has 2 aromatic rings. The first kappa shape index (κ1) is 11.3. The van der Waals surface area contributed by atoms with E-state index in [1.807, 2.05) is 31.1 Å². The lowest BCUT2D eigenvalue weighted by Crippen LogP contribution is -2.12. The lowest BCUT2D eigenvalue weighted by molar-refractivity contribution is 0.411. The number of ether oxygens (including phenoxy) is 1. The molecule has 0 fully saturated rings. The molecule has 0 saturated heterocycles. The summed E-state index contributed by atoms with van der Waals surface area (Å²) in [6.07, 6.45) is 5.05. The van der Waals surface area contributed by atoms with Crippen molar-refractivity contribution in [2.24, 2.45) is 0 Å². The maximum Gasteiger partial charge on any atom is 0.163 e. The van der Waals surface area contributed by atoms with Crippen LogP contribution in [0, 0.1) is 0 Å². The molecule has 0 N–H and O–H groups in total. The highest BCUT2D eigenvalue weighted by Gasteiger charge is 2.10. The van der Waals surface area contributed by atoms with Crippen LogP contribution in [0.3, 0.4) is 0 Å². The fourth-order valence-electron chi connectivity index (χ4n) is 1.49. The number of aromatic nitrogens is 3. The van der Waals surface area contributed by atoms with Crippen LogP contribution >= 0.6 is 0 Å². The van der Waals surface area contributed by atoms with Crippen molar-refractivity contribution in [1.82, 2.24) is 15.0 Å². The molecule has 2 heterocycles. The zero-order valence-electron chi connectivity index (χ0n) is 10.1. The molecule has 2 aromatic heterocycles. The van der Waals surface area contributed by atoms with Gasteiger partial charge in [-0.15, -0.1) is 0 Å². The van der Waals surface area contributed by atoms with E-state index in [1.165, 1.54) is 0 Å². The summed E-state index contributed by atoms with van der Waals surface area (Å²) in [5, 5.41) is 0. The Morgan fingerprint density at radius 1 is 1.12 bits per heavy atom. The monoisotopic (exact) mass is 230 g/mol. The van der Waals surface area contributed by atoms with Gasteiger partial charge in [0.1, 0.15) is 5.82 Å². The highest BCUT2D eigenvalue weighted by molar-refractivity contribution is 5.70. The largest absolute Gasteiger partial charge is 0.494 e. The van der Waals surface area contributed by atoms with Gasteiger partial charge in [-0.25, -0.2) is 15.0 Å². The highest BCUT2D eigenvalue weighted by atomic mass is 16.5. The van der Waals surface area contributed by atoms with Crippen molar-refractivity contribution in [3.63, 3.8) is 0 Å². The van der Waals surface area contributed by atoms with E-state index >= 15 is 0 Å². The predicted molar refractivity (Wildman–Crippen MR) is 66.1 cm³/mol. The number of methoxy groups -OCH3 is 1. The van der Waals surface area contributed by atoms with Gasteiger partial charge in [-0.2, -0.15) is 0 Å². The summed E-state index contributed by atoms with van der Waals surface area (Å²) in [7, 11) is 5.47. The molecule has 0 spiro atoms. The van der Waals surface area contributed by atoms with E-state index in [2.05, 4.69) is 15.0 Å². The minimum absolute atomic E-state index is 0.641. The summed E-state index contributed by atoms with van der Waals surface area (Å²) in [5.41, 5.74) is 0.903. The first-order chi connectivity index (χ1) is 8.22. The Bertz CT molecular complexity index is 496. The lowest BCUT2D eigenvalue weighted by atomic mass is 10.2. The summed E-state index contributed by atoms with van der Waals surface area (Å²) >= 11 is 0. The summed E-state index contributed by atoms with van der Waals surface area (Å²) in [6.45, 7) is 0. The van der Waals surface area contributed by atoms with E-state index < -0.39 is 0 Å². The second-order valence-corrected chi connectivity index (χ2v) is 3.72. The molecule has 0 aliphatic carbocycles. The van der Waals surface area contributed by atoms with Crippen molar-refractivity contribution in [2.45, 2.75) is 0 Å². The average Bonchev–Trinajstić information content (AvgIpc) is 2.39. The quantitative estimate of drug-likeness (QED) is 0.801. The molecule has 0 unspecified atom stereocenters. The van der Waals surface area contributed by atoms with Gasteiger partial charge in [-0.1, -0.05) is 0 Å². The van der Waals surface area contributed by atoms with Crippen LogP contribution in [0.2, 0.25) is 0 Å². The zero-order chi connectivity index (χ0) is 12.3. The van der Waals surface area contributed by atoms with Crippen molar-refractivity contribution in [2.75, 3.05) is 26.1 Å². The van der Waals surface area contributed by atoms with E-state index in [1.54, 1.807) is 25.7 Å². The Labute approximate surface area is 100 Å². The molecule has 17 heavy (non-hydrogen) atoms. The van der Waals surface area contributed by atoms with E-state index in [0.29, 0.717) is 11.6 Å². The SMILES string of the molecule is COc1cnc(-c2cccnc2N(C)C)nc1. The Hall–Kier alpha value is -2.17. The van der Waals surface area contributed by atoms with Gasteiger partial charge < -0.3 is 9.64 Å². The normalized spacial score (nSPS) is 10.1. The molecule has 0 atom stereocenters. The topological polar surface area (TPSA) is 51.1 Å². The van der Waals surface area contributed by atoms with Gasteiger partial charge in [-0.05, 0) is 12.1 Å². The number of hydrogen-bond donors (Lipinski definition) is 0. The summed E-state index contributed by atoms with van der Waals surface area (Å²) in [6, 6.07) is 3.82. The smallest absolute Gasteiger partial charge is 0.163 e. The molecule has 5 heteroatoms. The van der Waals surface area contributed by atoms with Crippen LogP contribution in [-0.2, 0) is 0 Å². The molecule has 5 nitrogen and oxygen atoms in total. The Morgan fingerprint density at radius 3 is 2.41 bits per heavy atom. The van der Waals surface area contributed by atoms with Gasteiger partial charge in [0.2, 0.25) is 0 Å². The van der Waals surface area contributed by atoms with Crippen molar-refractivity contribution < 1.29 is 4.74 Å². The van der Waals surface area contributed by atoms with Crippen LogP contribution in [0.25, 0.3) is 11.4 Å². The van der Waals surface area contributed by atoms with Gasteiger partial charge in [0.15, 0.2) is 11.6 Å². The van der Waals surface area contributed by atoms with E-state index in [-0.39, 0.29) is 0 Å². The van der Waals surface area contributed by atoms with E-state index in [9.17, 15) is 0 Å². The molecule has 0 amide bonds. The van der Waals surface area contributed by atoms with Crippen LogP contribution in [0.15, 0.2) is 30.7 Å². The van der Waals surface area contributed by atoms with Crippen LogP contribution in [0.4, 0.5) is 5.82 Å². The average molecular weight is 230 g/mol. The fourth-order valence-corrected chi connectivity index (χ4v) is 1.49. The van der Waals surface area contributed by atoms with E-state index in [0.717, 1.165) is 11.4 Å². The van der Waals surface area contributed by atoms with Gasteiger partial charge in [0.25, 0.3) is 0 Å². The van der Waals surface area contributed by atoms with Crippen molar-refractivity contribution in [3.8, 4) is 17.1 Å². The summed E-state index contributed by atoms with van der Waals surface area (Å²) < 4.78 is 5.03. The molecular formula is C12H14N4O. The molecule has 0 radical (unpaired) electrons. The van der Waals surface area contributed by atoms with Crippen LogP contribution in [0.5, 0.6) is 5.75 Å². The van der Waals surface area contributed by atoms with Gasteiger partial charge in [0, 0.05) is 20.3 Å². The second kappa shape index (κ2) is 4.78. The standard InChI is InChI=1S/C12H14N4O/c1-16(2)12-10(5-4-6-13-12)11-14-7-9(17-3)8-15-11/h4-8H,1-3H3. The van der Waals surface area contributed by atoms with Crippen LogP contribution in [-0.4, -0.2) is 36.2 Å². The first-order valence-electron chi connectivity index (χ1n) is 5.21. The lowest BCUT2D eigenvalue weighted by Gasteiger charge is -2.14. The molecule has 2 rings (SSSR count). The molecule has 0 aliphatic rings. The number of rotatable bonds is 3. The molecule has 0 saturated carbocycles. The number of pyridine rings is 1. The van der Waals surface area contributed by atoms with Crippen molar-refractivity contribution in [3.05, 3.63) is 30.7 Å². The zero-order valence-corrected chi connectivity index (χ0v) is 10.1. The third-order valence-corrected chi connectivity index (χ3v) is 2.32. The molecule has 88 valence electrons. The van der Waals surface area contributed by atoms with Crippen LogP contribution in [0.1, 0.15) is 0 Å². The molecular weight excluding hydrogens is 216 g/mol. The maximum absolute atomic E-state index is 5.03. The Kier molecular flexibility index (Phi) is 3.18. The van der Waals surface area contributed by atoms with E-state index in [4.69, 9.17) is 4.74 Å². The molecule has 0 bridgehead atoms. The van der Waals surface area contributed by atoms with Crippen molar-refractivity contribution >= 4 is 5.82 Å². The molecule has 0 aromatic carbocycles. The van der Waals surface area contributed by atoms with Gasteiger partial charge >= 0.3 is 0 Å². The Morgan fingerprint density at radius 2 is 1.82 bits per heavy atom. The Balaban J connectivity index is 2.45. The summed E-state index contributed by atoms with van der Waals surface area (Å²) in [5.74, 6) is 2.13.